The Labute approximate surface area is 63.4 Å². The Morgan fingerprint density at radius 2 is 1.82 bits per heavy atom. The van der Waals surface area contributed by atoms with Gasteiger partial charge in [-0.05, 0) is 0 Å². The summed E-state index contributed by atoms with van der Waals surface area (Å²) < 4.78 is 0. The van der Waals surface area contributed by atoms with E-state index in [1.54, 1.807) is 0 Å². The van der Waals surface area contributed by atoms with E-state index < -0.39 is 24.3 Å². The molecule has 0 aromatic carbocycles. The highest BCUT2D eigenvalue weighted by atomic mass is 16.4. The zero-order valence-corrected chi connectivity index (χ0v) is 5.84. The van der Waals surface area contributed by atoms with E-state index in [0.717, 1.165) is 0 Å². The lowest BCUT2D eigenvalue weighted by Gasteiger charge is -2.15. The minimum atomic E-state index is -1.44. The number of aliphatic hydroxyl groups is 2. The molecule has 0 saturated carbocycles. The molecule has 66 valence electrons. The first-order valence-corrected chi connectivity index (χ1v) is 3.05. The molecule has 0 aliphatic rings. The van der Waals surface area contributed by atoms with Gasteiger partial charge in [0, 0.05) is 6.42 Å². The average molecular weight is 164 g/mol. The molecule has 0 aromatic rings. The standard InChI is InChI=1S/C5H12N2O4/c6-2(5(10)11)1-3(8)4(7)9/h2-4,8-9H,1,6-7H2,(H,10,11)/t2-,3?,4?/m1/s1. The highest BCUT2D eigenvalue weighted by Gasteiger charge is 2.20. The molecule has 6 nitrogen and oxygen atoms in total. The predicted molar refractivity (Wildman–Crippen MR) is 36.4 cm³/mol. The van der Waals surface area contributed by atoms with Crippen LogP contribution in [-0.4, -0.2) is 39.7 Å². The van der Waals surface area contributed by atoms with Crippen LogP contribution in [0.4, 0.5) is 0 Å². The van der Waals surface area contributed by atoms with Gasteiger partial charge in [-0.15, -0.1) is 0 Å². The van der Waals surface area contributed by atoms with Crippen molar-refractivity contribution in [3.63, 3.8) is 0 Å². The summed E-state index contributed by atoms with van der Waals surface area (Å²) in [7, 11) is 0. The summed E-state index contributed by atoms with van der Waals surface area (Å²) in [5, 5.41) is 25.6. The number of carbonyl (C=O) groups is 1. The van der Waals surface area contributed by atoms with Crippen LogP contribution in [0.15, 0.2) is 0 Å². The van der Waals surface area contributed by atoms with Crippen molar-refractivity contribution in [2.24, 2.45) is 11.5 Å². The van der Waals surface area contributed by atoms with Crippen LogP contribution in [0.3, 0.4) is 0 Å². The van der Waals surface area contributed by atoms with E-state index in [1.807, 2.05) is 0 Å². The third-order valence-electron chi connectivity index (χ3n) is 1.21. The fourth-order valence-corrected chi connectivity index (χ4v) is 0.500. The minimum Gasteiger partial charge on any atom is -0.480 e. The Kier molecular flexibility index (Phi) is 3.98. The van der Waals surface area contributed by atoms with Gasteiger partial charge in [-0.25, -0.2) is 0 Å². The highest BCUT2D eigenvalue weighted by Crippen LogP contribution is 1.97. The second-order valence-corrected chi connectivity index (χ2v) is 2.24. The smallest absolute Gasteiger partial charge is 0.320 e. The lowest BCUT2D eigenvalue weighted by atomic mass is 10.1. The molecule has 0 amide bonds. The number of hydrogen-bond donors (Lipinski definition) is 5. The molecule has 0 spiro atoms. The van der Waals surface area contributed by atoms with E-state index in [4.69, 9.17) is 26.8 Å². The van der Waals surface area contributed by atoms with Gasteiger partial charge in [-0.2, -0.15) is 0 Å². The third-order valence-corrected chi connectivity index (χ3v) is 1.21. The SMILES string of the molecule is NC(O)C(O)C[C@@H](N)C(=O)O. The van der Waals surface area contributed by atoms with E-state index in [2.05, 4.69) is 0 Å². The van der Waals surface area contributed by atoms with Crippen LogP contribution in [0, 0.1) is 0 Å². The lowest BCUT2D eigenvalue weighted by Crippen LogP contribution is -2.41. The molecule has 11 heavy (non-hydrogen) atoms. The van der Waals surface area contributed by atoms with Crippen LogP contribution in [0.2, 0.25) is 0 Å². The first-order chi connectivity index (χ1) is 4.95. The molecule has 3 atom stereocenters. The van der Waals surface area contributed by atoms with E-state index in [1.165, 1.54) is 0 Å². The van der Waals surface area contributed by atoms with Gasteiger partial charge < -0.3 is 26.8 Å². The molecule has 0 heterocycles. The van der Waals surface area contributed by atoms with Gasteiger partial charge in [0.2, 0.25) is 0 Å². The van der Waals surface area contributed by atoms with Gasteiger partial charge in [0.15, 0.2) is 0 Å². The van der Waals surface area contributed by atoms with Crippen LogP contribution >= 0.6 is 0 Å². The maximum Gasteiger partial charge on any atom is 0.320 e. The summed E-state index contributed by atoms with van der Waals surface area (Å²) in [5.74, 6) is -1.23. The first-order valence-electron chi connectivity index (χ1n) is 3.05. The van der Waals surface area contributed by atoms with Crippen LogP contribution in [0.5, 0.6) is 0 Å². The number of carboxylic acids is 1. The highest BCUT2D eigenvalue weighted by molar-refractivity contribution is 5.73. The number of hydrogen-bond acceptors (Lipinski definition) is 5. The monoisotopic (exact) mass is 164 g/mol. The van der Waals surface area contributed by atoms with Gasteiger partial charge in [0.1, 0.15) is 12.3 Å². The Morgan fingerprint density at radius 3 is 2.09 bits per heavy atom. The molecular formula is C5H12N2O4. The summed E-state index contributed by atoms with van der Waals surface area (Å²) in [6.45, 7) is 0. The summed E-state index contributed by atoms with van der Waals surface area (Å²) in [6, 6.07) is -1.19. The zero-order chi connectivity index (χ0) is 9.02. The largest absolute Gasteiger partial charge is 0.480 e. The molecule has 0 fully saturated rings. The minimum absolute atomic E-state index is 0.257. The second kappa shape index (κ2) is 4.24. The number of nitrogens with two attached hydrogens (primary N) is 2. The number of aliphatic carboxylic acids is 1. The first kappa shape index (κ1) is 10.3. The van der Waals surface area contributed by atoms with Crippen LogP contribution in [0.1, 0.15) is 6.42 Å². The normalized spacial score (nSPS) is 18.9. The zero-order valence-electron chi connectivity index (χ0n) is 5.84. The van der Waals surface area contributed by atoms with Crippen LogP contribution < -0.4 is 11.5 Å². The second-order valence-electron chi connectivity index (χ2n) is 2.24. The fraction of sp³-hybridized carbons (Fsp3) is 0.800. The molecular weight excluding hydrogens is 152 g/mol. The van der Waals surface area contributed by atoms with E-state index in [0.29, 0.717) is 0 Å². The number of aliphatic hydroxyl groups excluding tert-OH is 2. The fourth-order valence-electron chi connectivity index (χ4n) is 0.500. The average Bonchev–Trinajstić information content (AvgIpc) is 1.87. The molecule has 0 saturated heterocycles. The van der Waals surface area contributed by atoms with Crippen molar-refractivity contribution in [3.05, 3.63) is 0 Å². The predicted octanol–water partition coefficient (Wildman–Crippen LogP) is -2.57. The molecule has 0 aromatic heterocycles. The van der Waals surface area contributed by atoms with Crippen molar-refractivity contribution >= 4 is 5.97 Å². The van der Waals surface area contributed by atoms with Crippen LogP contribution in [-0.2, 0) is 4.79 Å². The molecule has 6 heteroatoms. The van der Waals surface area contributed by atoms with Crippen molar-refractivity contribution in [1.29, 1.82) is 0 Å². The number of carboxylic acid groups (broad SMARTS) is 1. The lowest BCUT2D eigenvalue weighted by molar-refractivity contribution is -0.139. The topological polar surface area (TPSA) is 130 Å². The van der Waals surface area contributed by atoms with Crippen LogP contribution in [0.25, 0.3) is 0 Å². The van der Waals surface area contributed by atoms with Crippen molar-refractivity contribution in [3.8, 4) is 0 Å². The van der Waals surface area contributed by atoms with Gasteiger partial charge in [0.05, 0.1) is 6.10 Å². The molecule has 0 radical (unpaired) electrons. The number of rotatable bonds is 4. The van der Waals surface area contributed by atoms with E-state index >= 15 is 0 Å². The quantitative estimate of drug-likeness (QED) is 0.290. The van der Waals surface area contributed by atoms with Crippen molar-refractivity contribution in [2.45, 2.75) is 24.8 Å². The molecule has 0 aliphatic carbocycles. The molecule has 7 N–H and O–H groups in total. The Hall–Kier alpha value is -0.690. The van der Waals surface area contributed by atoms with Crippen molar-refractivity contribution in [1.82, 2.24) is 0 Å². The van der Waals surface area contributed by atoms with Gasteiger partial charge in [0.25, 0.3) is 0 Å². The molecule has 2 unspecified atom stereocenters. The summed E-state index contributed by atoms with van der Waals surface area (Å²) in [6.07, 6.45) is -2.99. The Morgan fingerprint density at radius 1 is 1.36 bits per heavy atom. The van der Waals surface area contributed by atoms with E-state index in [9.17, 15) is 4.79 Å². The summed E-state index contributed by atoms with van der Waals surface area (Å²) >= 11 is 0. The third kappa shape index (κ3) is 3.89. The Balaban J connectivity index is 3.75. The van der Waals surface area contributed by atoms with Gasteiger partial charge in [-0.1, -0.05) is 0 Å². The van der Waals surface area contributed by atoms with Gasteiger partial charge >= 0.3 is 5.97 Å². The summed E-state index contributed by atoms with van der Waals surface area (Å²) in [5.41, 5.74) is 9.87. The molecule has 0 bridgehead atoms. The molecule has 0 rings (SSSR count). The van der Waals surface area contributed by atoms with Gasteiger partial charge in [-0.3, -0.25) is 4.79 Å². The molecule has 0 aliphatic heterocycles. The maximum atomic E-state index is 10.1. The van der Waals surface area contributed by atoms with Crippen molar-refractivity contribution in [2.75, 3.05) is 0 Å². The summed E-state index contributed by atoms with van der Waals surface area (Å²) in [4.78, 5) is 10.1. The maximum absolute atomic E-state index is 10.1. The van der Waals surface area contributed by atoms with E-state index in [-0.39, 0.29) is 6.42 Å². The Bertz CT molecular complexity index is 138. The van der Waals surface area contributed by atoms with Crippen molar-refractivity contribution < 1.29 is 20.1 Å².